The summed E-state index contributed by atoms with van der Waals surface area (Å²) in [5.41, 5.74) is 0. The van der Waals surface area contributed by atoms with Gasteiger partial charge in [-0.25, -0.2) is 21.1 Å². The Bertz CT molecular complexity index is 676. The first-order valence-corrected chi connectivity index (χ1v) is 11.0. The summed E-state index contributed by atoms with van der Waals surface area (Å²) in [6, 6.07) is 0. The molecule has 0 aromatic rings. The molecule has 0 unspecified atom stereocenters. The van der Waals surface area contributed by atoms with Crippen LogP contribution in [0.15, 0.2) is 4.99 Å². The van der Waals surface area contributed by atoms with Crippen molar-refractivity contribution in [2.45, 2.75) is 25.0 Å². The molecule has 0 atom stereocenters. The van der Waals surface area contributed by atoms with Crippen LogP contribution in [0.1, 0.15) is 20.3 Å². The SMILES string of the molecule is CN=C(NCCN1CCCS1(=O)=O)N1CCS(=O)(=O)C(C)(C)C1.I. The molecule has 2 heterocycles. The molecule has 2 saturated heterocycles. The van der Waals surface area contributed by atoms with E-state index in [4.69, 9.17) is 0 Å². The Hall–Kier alpha value is -0.140. The summed E-state index contributed by atoms with van der Waals surface area (Å²) in [5, 5.41) is 3.14. The van der Waals surface area contributed by atoms with Crippen LogP contribution in [-0.2, 0) is 19.9 Å². The van der Waals surface area contributed by atoms with Gasteiger partial charge in [-0.3, -0.25) is 4.99 Å². The minimum absolute atomic E-state index is 0. The van der Waals surface area contributed by atoms with Crippen LogP contribution in [0.25, 0.3) is 0 Å². The molecule has 0 aromatic carbocycles. The highest BCUT2D eigenvalue weighted by molar-refractivity contribution is 14.0. The fraction of sp³-hybridized carbons (Fsp3) is 0.923. The van der Waals surface area contributed by atoms with Gasteiger partial charge in [-0.2, -0.15) is 0 Å². The van der Waals surface area contributed by atoms with E-state index in [0.717, 1.165) is 0 Å². The molecule has 24 heavy (non-hydrogen) atoms. The van der Waals surface area contributed by atoms with E-state index in [1.54, 1.807) is 20.9 Å². The molecule has 0 aliphatic carbocycles. The molecule has 0 bridgehead atoms. The van der Waals surface area contributed by atoms with E-state index in [1.165, 1.54) is 4.31 Å². The van der Waals surface area contributed by atoms with Gasteiger partial charge in [0, 0.05) is 39.8 Å². The number of sulfonamides is 1. The van der Waals surface area contributed by atoms with E-state index in [9.17, 15) is 16.8 Å². The summed E-state index contributed by atoms with van der Waals surface area (Å²) in [5.74, 6) is 0.936. The Morgan fingerprint density at radius 1 is 1.17 bits per heavy atom. The Morgan fingerprint density at radius 3 is 2.33 bits per heavy atom. The van der Waals surface area contributed by atoms with Crippen LogP contribution in [0.5, 0.6) is 0 Å². The number of hydrogen-bond acceptors (Lipinski definition) is 5. The van der Waals surface area contributed by atoms with Crippen LogP contribution in [-0.4, -0.2) is 88.0 Å². The van der Waals surface area contributed by atoms with Gasteiger partial charge in [0.2, 0.25) is 10.0 Å². The highest BCUT2D eigenvalue weighted by Crippen LogP contribution is 2.23. The molecule has 2 rings (SSSR count). The van der Waals surface area contributed by atoms with Crippen molar-refractivity contribution in [3.8, 4) is 0 Å². The number of nitrogens with zero attached hydrogens (tertiary/aromatic N) is 3. The van der Waals surface area contributed by atoms with Crippen LogP contribution in [0, 0.1) is 0 Å². The molecule has 11 heteroatoms. The quantitative estimate of drug-likeness (QED) is 0.330. The maximum Gasteiger partial charge on any atom is 0.214 e. The number of halogens is 1. The van der Waals surface area contributed by atoms with Crippen molar-refractivity contribution in [1.29, 1.82) is 0 Å². The second-order valence-electron chi connectivity index (χ2n) is 6.54. The first-order valence-electron chi connectivity index (χ1n) is 7.75. The molecule has 142 valence electrons. The highest BCUT2D eigenvalue weighted by atomic mass is 127. The van der Waals surface area contributed by atoms with Gasteiger partial charge in [0.15, 0.2) is 15.8 Å². The Morgan fingerprint density at radius 2 is 1.83 bits per heavy atom. The minimum atomic E-state index is -3.10. The van der Waals surface area contributed by atoms with E-state index in [1.807, 2.05) is 4.90 Å². The van der Waals surface area contributed by atoms with Gasteiger partial charge in [0.05, 0.1) is 16.3 Å². The zero-order valence-corrected chi connectivity index (χ0v) is 18.3. The lowest BCUT2D eigenvalue weighted by molar-refractivity contribution is 0.351. The van der Waals surface area contributed by atoms with Crippen LogP contribution in [0.4, 0.5) is 0 Å². The van der Waals surface area contributed by atoms with E-state index in [2.05, 4.69) is 10.3 Å². The first-order chi connectivity index (χ1) is 10.6. The average Bonchev–Trinajstić information content (AvgIpc) is 2.77. The Balaban J connectivity index is 0.00000288. The number of aliphatic imine (C=N–C) groups is 1. The Kier molecular flexibility index (Phi) is 7.34. The number of rotatable bonds is 3. The molecule has 0 spiro atoms. The van der Waals surface area contributed by atoms with E-state index in [0.29, 0.717) is 45.1 Å². The zero-order chi connectivity index (χ0) is 17.3. The second-order valence-corrected chi connectivity index (χ2v) is 11.4. The lowest BCUT2D eigenvalue weighted by Gasteiger charge is -2.39. The number of guanidine groups is 1. The predicted molar refractivity (Wildman–Crippen MR) is 106 cm³/mol. The second kappa shape index (κ2) is 8.04. The maximum atomic E-state index is 12.1. The summed E-state index contributed by atoms with van der Waals surface area (Å²) < 4.78 is 48.3. The summed E-state index contributed by atoms with van der Waals surface area (Å²) in [7, 11) is -4.54. The van der Waals surface area contributed by atoms with Crippen molar-refractivity contribution >= 4 is 49.8 Å². The van der Waals surface area contributed by atoms with E-state index < -0.39 is 24.6 Å². The lowest BCUT2D eigenvalue weighted by Crippen LogP contribution is -2.57. The van der Waals surface area contributed by atoms with Crippen molar-refractivity contribution < 1.29 is 16.8 Å². The van der Waals surface area contributed by atoms with Gasteiger partial charge < -0.3 is 10.2 Å². The minimum Gasteiger partial charge on any atom is -0.355 e. The largest absolute Gasteiger partial charge is 0.355 e. The summed E-state index contributed by atoms with van der Waals surface area (Å²) >= 11 is 0. The van der Waals surface area contributed by atoms with Gasteiger partial charge in [-0.15, -0.1) is 24.0 Å². The third-order valence-electron chi connectivity index (χ3n) is 4.40. The normalized spacial score (nSPS) is 26.0. The third kappa shape index (κ3) is 4.73. The topological polar surface area (TPSA) is 99.2 Å². The summed E-state index contributed by atoms with van der Waals surface area (Å²) in [4.78, 5) is 6.11. The molecule has 0 aromatic heterocycles. The molecule has 8 nitrogen and oxygen atoms in total. The molecular weight excluding hydrogens is 467 g/mol. The van der Waals surface area contributed by atoms with Gasteiger partial charge in [0.1, 0.15) is 0 Å². The molecule has 2 aliphatic heterocycles. The van der Waals surface area contributed by atoms with Crippen molar-refractivity contribution in [3.05, 3.63) is 0 Å². The number of nitrogens with one attached hydrogen (secondary N) is 1. The monoisotopic (exact) mass is 494 g/mol. The van der Waals surface area contributed by atoms with E-state index in [-0.39, 0.29) is 35.5 Å². The van der Waals surface area contributed by atoms with Crippen molar-refractivity contribution in [3.63, 3.8) is 0 Å². The average molecular weight is 494 g/mol. The van der Waals surface area contributed by atoms with Crippen molar-refractivity contribution in [2.75, 3.05) is 51.3 Å². The highest BCUT2D eigenvalue weighted by Gasteiger charge is 2.41. The molecule has 2 aliphatic rings. The molecule has 0 radical (unpaired) electrons. The first kappa shape index (κ1) is 21.9. The van der Waals surface area contributed by atoms with Gasteiger partial charge in [-0.1, -0.05) is 0 Å². The third-order valence-corrected chi connectivity index (χ3v) is 8.89. The van der Waals surface area contributed by atoms with Gasteiger partial charge in [-0.05, 0) is 20.3 Å². The van der Waals surface area contributed by atoms with Crippen LogP contribution >= 0.6 is 24.0 Å². The van der Waals surface area contributed by atoms with Crippen LogP contribution < -0.4 is 5.32 Å². The fourth-order valence-electron chi connectivity index (χ4n) is 2.89. The maximum absolute atomic E-state index is 12.1. The summed E-state index contributed by atoms with van der Waals surface area (Å²) in [6.07, 6.45) is 0.676. The molecule has 0 saturated carbocycles. The van der Waals surface area contributed by atoms with Crippen molar-refractivity contribution in [2.24, 2.45) is 4.99 Å². The molecule has 1 N–H and O–H groups in total. The standard InChI is InChI=1S/C13H26N4O4S2.HI/c1-13(2)11-16(8-10-22(13,18)19)12(14-3)15-5-7-17-6-4-9-23(17,20)21;/h4-11H2,1-3H3,(H,14,15);1H. The lowest BCUT2D eigenvalue weighted by atomic mass is 10.2. The number of sulfone groups is 1. The van der Waals surface area contributed by atoms with Crippen LogP contribution in [0.3, 0.4) is 0 Å². The fourth-order valence-corrected chi connectivity index (χ4v) is 5.79. The van der Waals surface area contributed by atoms with Gasteiger partial charge >= 0.3 is 0 Å². The Labute approximate surface area is 162 Å². The molecule has 0 amide bonds. The summed E-state index contributed by atoms with van der Waals surface area (Å²) in [6.45, 7) is 5.63. The predicted octanol–water partition coefficient (Wildman–Crippen LogP) is -0.276. The molecular formula is C13H27IN4O4S2. The van der Waals surface area contributed by atoms with Crippen LogP contribution in [0.2, 0.25) is 0 Å². The van der Waals surface area contributed by atoms with Gasteiger partial charge in [0.25, 0.3) is 0 Å². The zero-order valence-electron chi connectivity index (χ0n) is 14.4. The smallest absolute Gasteiger partial charge is 0.214 e. The van der Waals surface area contributed by atoms with E-state index >= 15 is 0 Å². The number of hydrogen-bond donors (Lipinski definition) is 1. The molecule has 2 fully saturated rings. The van der Waals surface area contributed by atoms with Crippen molar-refractivity contribution in [1.82, 2.24) is 14.5 Å².